The van der Waals surface area contributed by atoms with Crippen LogP contribution in [0.3, 0.4) is 0 Å². The lowest BCUT2D eigenvalue weighted by molar-refractivity contribution is -0.00238. The monoisotopic (exact) mass is 560 g/mol. The molecule has 2 aromatic heterocycles. The molecule has 212 valence electrons. The number of nitrogens with one attached hydrogen (secondary N) is 2. The number of pyridine rings is 1. The number of H-pyrrole nitrogens is 1. The number of aromatic amines is 1. The molecule has 0 unspecified atom stereocenters. The Hall–Kier alpha value is -4.89. The van der Waals surface area contributed by atoms with Crippen molar-refractivity contribution in [1.29, 1.82) is 0 Å². The second-order valence-corrected chi connectivity index (χ2v) is 11.6. The van der Waals surface area contributed by atoms with Crippen LogP contribution in [-0.4, -0.2) is 71.2 Å². The van der Waals surface area contributed by atoms with Crippen LogP contribution in [-0.2, 0) is 0 Å². The average molecular weight is 561 g/mol. The van der Waals surface area contributed by atoms with Crippen molar-refractivity contribution in [3.63, 3.8) is 0 Å². The summed E-state index contributed by atoms with van der Waals surface area (Å²) in [5.74, 6) is 0.889. The third-order valence-corrected chi connectivity index (χ3v) is 8.33. The van der Waals surface area contributed by atoms with E-state index in [4.69, 9.17) is 9.72 Å². The van der Waals surface area contributed by atoms with E-state index in [9.17, 15) is 9.90 Å². The first-order valence-corrected chi connectivity index (χ1v) is 14.0. The first-order chi connectivity index (χ1) is 20.3. The molecule has 9 nitrogen and oxygen atoms in total. The zero-order valence-electron chi connectivity index (χ0n) is 23.8. The van der Waals surface area contributed by atoms with Crippen molar-refractivity contribution in [2.24, 2.45) is 5.41 Å². The summed E-state index contributed by atoms with van der Waals surface area (Å²) in [5, 5.41) is 13.7. The molecule has 2 aliphatic heterocycles. The van der Waals surface area contributed by atoms with E-state index in [0.29, 0.717) is 33.8 Å². The molecule has 0 atom stereocenters. The first kappa shape index (κ1) is 26.0. The van der Waals surface area contributed by atoms with Crippen molar-refractivity contribution in [2.45, 2.75) is 6.92 Å². The summed E-state index contributed by atoms with van der Waals surface area (Å²) < 4.78 is 5.42. The van der Waals surface area contributed by atoms with Gasteiger partial charge in [-0.05, 0) is 85.8 Å². The largest absolute Gasteiger partial charge is 0.507 e. The Morgan fingerprint density at radius 2 is 1.81 bits per heavy atom. The van der Waals surface area contributed by atoms with Gasteiger partial charge in [-0.25, -0.2) is 9.97 Å². The van der Waals surface area contributed by atoms with Gasteiger partial charge in [-0.2, -0.15) is 0 Å². The smallest absolute Gasteiger partial charge is 0.255 e. The van der Waals surface area contributed by atoms with Crippen LogP contribution >= 0.6 is 0 Å². The third-order valence-electron chi connectivity index (χ3n) is 8.33. The van der Waals surface area contributed by atoms with Crippen LogP contribution in [0.25, 0.3) is 33.5 Å². The number of aromatic hydroxyl groups is 1. The Balaban J connectivity index is 1.11. The maximum Gasteiger partial charge on any atom is 0.255 e. The number of benzene rings is 3. The Morgan fingerprint density at radius 3 is 2.55 bits per heavy atom. The number of aryl methyl sites for hydroxylation is 1. The lowest BCUT2D eigenvalue weighted by Gasteiger charge is -2.60. The van der Waals surface area contributed by atoms with E-state index in [1.165, 1.54) is 18.8 Å². The predicted octanol–water partition coefficient (Wildman–Crippen LogP) is 5.32. The number of phenols is 1. The summed E-state index contributed by atoms with van der Waals surface area (Å²) >= 11 is 0. The average Bonchev–Trinajstić information content (AvgIpc) is 3.40. The second kappa shape index (κ2) is 9.88. The number of amides is 1. The number of imidazole rings is 1. The molecule has 2 fully saturated rings. The summed E-state index contributed by atoms with van der Waals surface area (Å²) in [6, 6.07) is 20.7. The minimum absolute atomic E-state index is 0.0909. The molecule has 7 rings (SSSR count). The first-order valence-electron chi connectivity index (χ1n) is 14.0. The zero-order valence-corrected chi connectivity index (χ0v) is 23.8. The quantitative estimate of drug-likeness (QED) is 0.258. The van der Waals surface area contributed by atoms with E-state index in [0.717, 1.165) is 41.0 Å². The summed E-state index contributed by atoms with van der Waals surface area (Å²) in [7, 11) is 3.75. The van der Waals surface area contributed by atoms with Gasteiger partial charge in [-0.1, -0.05) is 6.07 Å². The fourth-order valence-corrected chi connectivity index (χ4v) is 6.41. The number of hydrogen-bond donors (Lipinski definition) is 3. The topological polar surface area (TPSA) is 107 Å². The number of methoxy groups -OCH3 is 1. The summed E-state index contributed by atoms with van der Waals surface area (Å²) in [6.45, 7) is 6.47. The lowest BCUT2D eigenvalue weighted by Crippen LogP contribution is -2.71. The molecule has 1 amide bonds. The van der Waals surface area contributed by atoms with Crippen LogP contribution in [0.5, 0.6) is 11.6 Å². The Bertz CT molecular complexity index is 1820. The normalized spacial score (nSPS) is 15.8. The highest BCUT2D eigenvalue weighted by molar-refractivity contribution is 6.06. The van der Waals surface area contributed by atoms with Crippen LogP contribution in [0.1, 0.15) is 15.9 Å². The standard InChI is InChI=1S/C33H32N6O3/c1-20-13-22(31(41)35-23-7-9-24(10-8-23)39-18-33(19-39)16-38(2)17-33)15-27-29(20)37-30(36-27)26-14-21(6-11-28(26)40)25-5-4-12-34-32(25)42-3/h4-15,40H,16-19H2,1-3H3,(H,35,41)(H,36,37). The fraction of sp³-hybridized carbons (Fsp3) is 0.242. The number of anilines is 2. The highest BCUT2D eigenvalue weighted by Gasteiger charge is 2.50. The van der Waals surface area contributed by atoms with E-state index in [2.05, 4.69) is 44.3 Å². The number of phenolic OH excluding ortho intramolecular Hbond substituents is 1. The number of aromatic nitrogens is 3. The molecule has 9 heteroatoms. The van der Waals surface area contributed by atoms with Gasteiger partial charge in [0.2, 0.25) is 5.88 Å². The van der Waals surface area contributed by atoms with Crippen LogP contribution < -0.4 is 15.0 Å². The molecule has 2 aliphatic rings. The Kier molecular flexibility index (Phi) is 6.13. The SMILES string of the molecule is COc1ncccc1-c1ccc(O)c(-c2nc3cc(C(=O)Nc4ccc(N5CC6(CN(C)C6)C5)cc4)cc(C)c3[nH]2)c1. The van der Waals surface area contributed by atoms with Crippen molar-refractivity contribution in [3.8, 4) is 34.1 Å². The number of rotatable bonds is 6. The van der Waals surface area contributed by atoms with E-state index in [-0.39, 0.29) is 11.7 Å². The van der Waals surface area contributed by atoms with Gasteiger partial charge in [-0.15, -0.1) is 0 Å². The molecule has 4 heterocycles. The van der Waals surface area contributed by atoms with Crippen molar-refractivity contribution < 1.29 is 14.6 Å². The minimum atomic E-state index is -0.203. The number of likely N-dealkylation sites (tertiary alicyclic amines) is 1. The van der Waals surface area contributed by atoms with Crippen LogP contribution in [0, 0.1) is 12.3 Å². The lowest BCUT2D eigenvalue weighted by atomic mass is 9.73. The van der Waals surface area contributed by atoms with Crippen molar-refractivity contribution >= 4 is 28.3 Å². The molecular weight excluding hydrogens is 528 g/mol. The second-order valence-electron chi connectivity index (χ2n) is 11.6. The van der Waals surface area contributed by atoms with Gasteiger partial charge in [0, 0.05) is 60.3 Å². The number of carbonyl (C=O) groups excluding carboxylic acids is 1. The summed E-state index contributed by atoms with van der Waals surface area (Å²) in [6.07, 6.45) is 1.67. The van der Waals surface area contributed by atoms with Crippen LogP contribution in [0.2, 0.25) is 0 Å². The molecule has 0 bridgehead atoms. The molecule has 5 aromatic rings. The van der Waals surface area contributed by atoms with Gasteiger partial charge >= 0.3 is 0 Å². The number of ether oxygens (including phenoxy) is 1. The predicted molar refractivity (Wildman–Crippen MR) is 164 cm³/mol. The molecular formula is C33H32N6O3. The molecule has 3 N–H and O–H groups in total. The van der Waals surface area contributed by atoms with Crippen molar-refractivity contribution in [3.05, 3.63) is 84.1 Å². The molecule has 3 aromatic carbocycles. The molecule has 0 saturated carbocycles. The van der Waals surface area contributed by atoms with Gasteiger partial charge < -0.3 is 29.9 Å². The van der Waals surface area contributed by atoms with Crippen LogP contribution in [0.15, 0.2) is 72.9 Å². The van der Waals surface area contributed by atoms with Gasteiger partial charge in [0.25, 0.3) is 5.91 Å². The fourth-order valence-electron chi connectivity index (χ4n) is 6.41. The Morgan fingerprint density at radius 1 is 1.02 bits per heavy atom. The number of carbonyl (C=O) groups is 1. The number of fused-ring (bicyclic) bond motifs is 1. The minimum Gasteiger partial charge on any atom is -0.507 e. The van der Waals surface area contributed by atoms with E-state index in [1.54, 1.807) is 25.4 Å². The summed E-state index contributed by atoms with van der Waals surface area (Å²) in [4.78, 5) is 30.4. The molecule has 1 spiro atoms. The van der Waals surface area contributed by atoms with E-state index < -0.39 is 0 Å². The maximum absolute atomic E-state index is 13.2. The molecule has 0 aliphatic carbocycles. The third kappa shape index (κ3) is 4.52. The summed E-state index contributed by atoms with van der Waals surface area (Å²) in [5.41, 5.74) is 7.42. The molecule has 0 radical (unpaired) electrons. The highest BCUT2D eigenvalue weighted by atomic mass is 16.5. The van der Waals surface area contributed by atoms with Gasteiger partial charge in [-0.3, -0.25) is 4.79 Å². The van der Waals surface area contributed by atoms with Crippen LogP contribution in [0.4, 0.5) is 11.4 Å². The van der Waals surface area contributed by atoms with Gasteiger partial charge in [0.15, 0.2) is 0 Å². The molecule has 2 saturated heterocycles. The zero-order chi connectivity index (χ0) is 29.0. The van der Waals surface area contributed by atoms with Crippen molar-refractivity contribution in [1.82, 2.24) is 19.9 Å². The maximum atomic E-state index is 13.2. The number of nitrogens with zero attached hydrogens (tertiary/aromatic N) is 4. The Labute approximate surface area is 243 Å². The van der Waals surface area contributed by atoms with Gasteiger partial charge in [0.05, 0.1) is 23.7 Å². The van der Waals surface area contributed by atoms with E-state index >= 15 is 0 Å². The van der Waals surface area contributed by atoms with Gasteiger partial charge in [0.1, 0.15) is 11.6 Å². The molecule has 42 heavy (non-hydrogen) atoms. The van der Waals surface area contributed by atoms with Crippen molar-refractivity contribution in [2.75, 3.05) is 50.6 Å². The van der Waals surface area contributed by atoms with E-state index in [1.807, 2.05) is 49.4 Å². The highest BCUT2D eigenvalue weighted by Crippen LogP contribution is 2.41. The number of hydrogen-bond acceptors (Lipinski definition) is 7.